The van der Waals surface area contributed by atoms with Crippen LogP contribution in [0.5, 0.6) is 0 Å². The number of ether oxygens (including phenoxy) is 1. The maximum absolute atomic E-state index is 14.8. The third-order valence-electron chi connectivity index (χ3n) is 7.47. The number of halogens is 2. The Bertz CT molecular complexity index is 1290. The zero-order valence-corrected chi connectivity index (χ0v) is 24.4. The molecule has 0 spiro atoms. The van der Waals surface area contributed by atoms with Crippen LogP contribution >= 0.6 is 0 Å². The molecular formula is C34H40F2N2O3. The van der Waals surface area contributed by atoms with Crippen molar-refractivity contribution in [2.45, 2.75) is 38.6 Å². The van der Waals surface area contributed by atoms with Crippen LogP contribution in [0.4, 0.5) is 20.2 Å². The van der Waals surface area contributed by atoms with E-state index in [2.05, 4.69) is 4.74 Å². The number of allylic oxidation sites excluding steroid dienone is 1. The minimum absolute atomic E-state index is 0.0601. The standard InChI is InChI=1S/C25H22F2N2O2.C7H12.C2H6O/c1-28(2)23-9-7-19(8-10-23)20-5-6-21(25(27)14-20)16-29(17-31)24-13-18(4-3-11-30)12-22(26)15-24;1-2-7-4-3-6(1)5-7;1-3-2/h3-15,17H,16H2,1-2H3;6-7H,1-5H2;1-2H3/b4-3+;;. The Hall–Kier alpha value is -3.84. The molecule has 5 rings (SSSR count). The molecule has 3 aromatic rings. The first-order valence-electron chi connectivity index (χ1n) is 13.9. The molecule has 0 radical (unpaired) electrons. The van der Waals surface area contributed by atoms with Crippen LogP contribution in [0.25, 0.3) is 17.2 Å². The van der Waals surface area contributed by atoms with Crippen molar-refractivity contribution in [3.8, 4) is 11.1 Å². The summed E-state index contributed by atoms with van der Waals surface area (Å²) in [5.41, 5.74) is 3.63. The molecule has 41 heavy (non-hydrogen) atoms. The lowest BCUT2D eigenvalue weighted by Gasteiger charge is -2.19. The van der Waals surface area contributed by atoms with E-state index in [9.17, 15) is 18.4 Å². The average molecular weight is 563 g/mol. The number of amides is 1. The maximum Gasteiger partial charge on any atom is 0.214 e. The summed E-state index contributed by atoms with van der Waals surface area (Å²) in [6, 6.07) is 16.6. The van der Waals surface area contributed by atoms with Crippen molar-refractivity contribution < 1.29 is 23.1 Å². The van der Waals surface area contributed by atoms with Crippen LogP contribution in [-0.4, -0.2) is 41.0 Å². The third kappa shape index (κ3) is 9.35. The van der Waals surface area contributed by atoms with Crippen molar-refractivity contribution in [2.75, 3.05) is 38.1 Å². The van der Waals surface area contributed by atoms with Gasteiger partial charge in [0.25, 0.3) is 0 Å². The molecule has 2 fully saturated rings. The Morgan fingerprint density at radius 3 is 1.93 bits per heavy atom. The molecule has 0 unspecified atom stereocenters. The molecule has 0 N–H and O–H groups in total. The van der Waals surface area contributed by atoms with E-state index in [-0.39, 0.29) is 12.2 Å². The summed E-state index contributed by atoms with van der Waals surface area (Å²) >= 11 is 0. The van der Waals surface area contributed by atoms with Crippen LogP contribution in [0.2, 0.25) is 0 Å². The van der Waals surface area contributed by atoms with E-state index in [1.165, 1.54) is 47.1 Å². The van der Waals surface area contributed by atoms with Crippen molar-refractivity contribution in [3.05, 3.63) is 89.5 Å². The van der Waals surface area contributed by atoms with Crippen molar-refractivity contribution in [1.82, 2.24) is 0 Å². The van der Waals surface area contributed by atoms with Gasteiger partial charge >= 0.3 is 0 Å². The largest absolute Gasteiger partial charge is 0.388 e. The Labute approximate surface area is 242 Å². The smallest absolute Gasteiger partial charge is 0.214 e. The fourth-order valence-corrected chi connectivity index (χ4v) is 5.36. The first kappa shape index (κ1) is 31.7. The topological polar surface area (TPSA) is 49.9 Å². The minimum Gasteiger partial charge on any atom is -0.388 e. The van der Waals surface area contributed by atoms with Gasteiger partial charge in [-0.1, -0.05) is 56.0 Å². The van der Waals surface area contributed by atoms with Crippen LogP contribution in [0.15, 0.2) is 66.7 Å². The zero-order valence-electron chi connectivity index (χ0n) is 24.4. The fraction of sp³-hybridized carbons (Fsp3) is 0.353. The van der Waals surface area contributed by atoms with Gasteiger partial charge in [0.05, 0.1) is 6.54 Å². The van der Waals surface area contributed by atoms with E-state index in [0.717, 1.165) is 16.8 Å². The van der Waals surface area contributed by atoms with E-state index in [4.69, 9.17) is 0 Å². The Morgan fingerprint density at radius 2 is 1.44 bits per heavy atom. The van der Waals surface area contributed by atoms with E-state index < -0.39 is 11.6 Å². The van der Waals surface area contributed by atoms with Crippen molar-refractivity contribution in [1.29, 1.82) is 0 Å². The Morgan fingerprint density at radius 1 is 0.829 bits per heavy atom. The second-order valence-electron chi connectivity index (χ2n) is 10.7. The van der Waals surface area contributed by atoms with Crippen LogP contribution < -0.4 is 9.80 Å². The van der Waals surface area contributed by atoms with Gasteiger partial charge in [0.2, 0.25) is 6.41 Å². The van der Waals surface area contributed by atoms with Gasteiger partial charge in [-0.25, -0.2) is 8.78 Å². The number of carbonyl (C=O) groups is 2. The Balaban J connectivity index is 0.000000386. The van der Waals surface area contributed by atoms with E-state index in [0.29, 0.717) is 23.8 Å². The summed E-state index contributed by atoms with van der Waals surface area (Å²) in [5.74, 6) is 1.32. The average Bonchev–Trinajstić information content (AvgIpc) is 3.63. The van der Waals surface area contributed by atoms with Gasteiger partial charge in [0.1, 0.15) is 17.9 Å². The highest BCUT2D eigenvalue weighted by atomic mass is 19.1. The van der Waals surface area contributed by atoms with Gasteiger partial charge < -0.3 is 14.5 Å². The molecule has 2 bridgehead atoms. The first-order chi connectivity index (χ1) is 19.8. The molecule has 0 heterocycles. The number of fused-ring (bicyclic) bond motifs is 2. The summed E-state index contributed by atoms with van der Waals surface area (Å²) in [5, 5.41) is 0. The number of hydrogen-bond acceptors (Lipinski definition) is 4. The molecule has 7 heteroatoms. The minimum atomic E-state index is -0.563. The van der Waals surface area contributed by atoms with Gasteiger partial charge in [-0.15, -0.1) is 0 Å². The first-order valence-corrected chi connectivity index (χ1v) is 13.9. The lowest BCUT2D eigenvalue weighted by atomic mass is 10.0. The molecule has 2 saturated carbocycles. The molecule has 2 aliphatic carbocycles. The SMILES string of the molecule is C1CC2CCC1C2.CN(C)c1ccc(-c2ccc(CN(C=O)c3cc(F)cc(/C=C/C=O)c3)c(F)c2)cc1.COC. The second-order valence-corrected chi connectivity index (χ2v) is 10.7. The van der Waals surface area contributed by atoms with Crippen LogP contribution in [0.3, 0.4) is 0 Å². The number of benzene rings is 3. The summed E-state index contributed by atoms with van der Waals surface area (Å²) in [7, 11) is 7.14. The zero-order chi connectivity index (χ0) is 29.8. The van der Waals surface area contributed by atoms with Crippen molar-refractivity contribution in [3.63, 3.8) is 0 Å². The number of aldehydes is 1. The summed E-state index contributed by atoms with van der Waals surface area (Å²) < 4.78 is 33.0. The Kier molecular flexibility index (Phi) is 12.2. The number of hydrogen-bond donors (Lipinski definition) is 0. The molecule has 2 aliphatic rings. The predicted molar refractivity (Wildman–Crippen MR) is 163 cm³/mol. The molecule has 0 atom stereocenters. The number of anilines is 2. The van der Waals surface area contributed by atoms with E-state index in [1.807, 2.05) is 43.3 Å². The van der Waals surface area contributed by atoms with Crippen LogP contribution in [0, 0.1) is 23.5 Å². The maximum atomic E-state index is 14.8. The van der Waals surface area contributed by atoms with Crippen molar-refractivity contribution >= 4 is 30.1 Å². The lowest BCUT2D eigenvalue weighted by molar-refractivity contribution is -0.107. The molecule has 0 aromatic heterocycles. The summed E-state index contributed by atoms with van der Waals surface area (Å²) in [4.78, 5) is 25.3. The highest BCUT2D eigenvalue weighted by molar-refractivity contribution is 5.79. The molecule has 218 valence electrons. The molecule has 1 amide bonds. The van der Waals surface area contributed by atoms with Crippen LogP contribution in [-0.2, 0) is 20.9 Å². The van der Waals surface area contributed by atoms with Gasteiger partial charge in [0.15, 0.2) is 0 Å². The molecule has 5 nitrogen and oxygen atoms in total. The van der Waals surface area contributed by atoms with Gasteiger partial charge in [-0.05, 0) is 77.4 Å². The third-order valence-corrected chi connectivity index (χ3v) is 7.47. The predicted octanol–water partition coefficient (Wildman–Crippen LogP) is 7.53. The number of carbonyl (C=O) groups excluding carboxylic acids is 2. The van der Waals surface area contributed by atoms with Crippen LogP contribution in [0.1, 0.15) is 43.2 Å². The normalized spacial score (nSPS) is 16.8. The summed E-state index contributed by atoms with van der Waals surface area (Å²) in [6.45, 7) is -0.0601. The van der Waals surface area contributed by atoms with E-state index >= 15 is 0 Å². The highest BCUT2D eigenvalue weighted by Gasteiger charge is 2.30. The van der Waals surface area contributed by atoms with Gasteiger partial charge in [-0.3, -0.25) is 9.59 Å². The van der Waals surface area contributed by atoms with Crippen molar-refractivity contribution in [2.24, 2.45) is 11.8 Å². The highest BCUT2D eigenvalue weighted by Crippen LogP contribution is 2.43. The summed E-state index contributed by atoms with van der Waals surface area (Å²) in [6.07, 6.45) is 11.6. The molecule has 0 aliphatic heterocycles. The number of nitrogens with zero attached hydrogens (tertiary/aromatic N) is 2. The van der Waals surface area contributed by atoms with Gasteiger partial charge in [0, 0.05) is 45.3 Å². The monoisotopic (exact) mass is 562 g/mol. The molecule has 3 aromatic carbocycles. The number of rotatable bonds is 8. The second kappa shape index (κ2) is 15.8. The quantitative estimate of drug-likeness (QED) is 0.210. The fourth-order valence-electron chi connectivity index (χ4n) is 5.36. The van der Waals surface area contributed by atoms with Gasteiger partial charge in [-0.2, -0.15) is 0 Å². The molecule has 0 saturated heterocycles. The van der Waals surface area contributed by atoms with E-state index in [1.54, 1.807) is 64.5 Å². The number of methoxy groups -OCH3 is 1. The molecular weight excluding hydrogens is 522 g/mol. The lowest BCUT2D eigenvalue weighted by Crippen LogP contribution is -2.21.